The molecule has 7 heteroatoms. The minimum absolute atomic E-state index is 0.00901. The fraction of sp³-hybridized carbons (Fsp3) is 0.345. The molecule has 1 amide bonds. The van der Waals surface area contributed by atoms with E-state index < -0.39 is 29.0 Å². The highest BCUT2D eigenvalue weighted by Crippen LogP contribution is 2.32. The Balaban J connectivity index is 1.82. The zero-order chi connectivity index (χ0) is 26.7. The van der Waals surface area contributed by atoms with Crippen LogP contribution in [0.3, 0.4) is 0 Å². The van der Waals surface area contributed by atoms with Crippen LogP contribution in [0.4, 0.5) is 17.6 Å². The fourth-order valence-electron chi connectivity index (χ4n) is 3.93. The second kappa shape index (κ2) is 11.0. The Labute approximate surface area is 214 Å². The van der Waals surface area contributed by atoms with Gasteiger partial charge in [0.1, 0.15) is 5.82 Å². The summed E-state index contributed by atoms with van der Waals surface area (Å²) in [7, 11) is 0. The smallest absolute Gasteiger partial charge is 0.348 e. The Hall–Kier alpha value is -2.86. The summed E-state index contributed by atoms with van der Waals surface area (Å²) >= 11 is 6.14. The quantitative estimate of drug-likeness (QED) is 0.314. The molecule has 0 spiro atoms. The second-order valence-corrected chi connectivity index (χ2v) is 10.3. The number of rotatable bonds is 7. The molecule has 0 aliphatic carbocycles. The molecule has 1 N–H and O–H groups in total. The van der Waals surface area contributed by atoms with Gasteiger partial charge in [-0.05, 0) is 70.7 Å². The molecule has 0 radical (unpaired) electrons. The van der Waals surface area contributed by atoms with Crippen molar-refractivity contribution in [3.05, 3.63) is 104 Å². The summed E-state index contributed by atoms with van der Waals surface area (Å²) in [6.07, 6.45) is -3.69. The third-order valence-corrected chi connectivity index (χ3v) is 6.54. The molecule has 0 saturated heterocycles. The van der Waals surface area contributed by atoms with Gasteiger partial charge in [0.15, 0.2) is 0 Å². The highest BCUT2D eigenvalue weighted by atomic mass is 35.5. The molecular weight excluding hydrogens is 490 g/mol. The SMILES string of the molecule is CCc1cc(CCc2cc(C(F)(F)F)cc(C(=O)NCc3ccc(C(C)(C)C)cc3)c2F)ccc1Cl. The van der Waals surface area contributed by atoms with Gasteiger partial charge in [0.25, 0.3) is 5.91 Å². The highest BCUT2D eigenvalue weighted by molar-refractivity contribution is 6.31. The van der Waals surface area contributed by atoms with E-state index >= 15 is 4.39 Å². The van der Waals surface area contributed by atoms with Gasteiger partial charge in [-0.15, -0.1) is 0 Å². The van der Waals surface area contributed by atoms with Crippen LogP contribution in [0.15, 0.2) is 54.6 Å². The van der Waals surface area contributed by atoms with Crippen molar-refractivity contribution in [2.24, 2.45) is 0 Å². The normalized spacial score (nSPS) is 12.0. The first-order valence-corrected chi connectivity index (χ1v) is 12.2. The van der Waals surface area contributed by atoms with E-state index in [0.717, 1.165) is 28.3 Å². The molecule has 0 aliphatic rings. The predicted octanol–water partition coefficient (Wildman–Crippen LogP) is 8.07. The lowest BCUT2D eigenvalue weighted by atomic mass is 9.87. The third kappa shape index (κ3) is 6.88. The molecule has 2 nitrogen and oxygen atoms in total. The van der Waals surface area contributed by atoms with E-state index in [1.54, 1.807) is 12.1 Å². The van der Waals surface area contributed by atoms with Crippen molar-refractivity contribution in [1.29, 1.82) is 0 Å². The second-order valence-electron chi connectivity index (χ2n) is 9.90. The lowest BCUT2D eigenvalue weighted by Crippen LogP contribution is -2.25. The Morgan fingerprint density at radius 2 is 1.50 bits per heavy atom. The van der Waals surface area contributed by atoms with E-state index in [-0.39, 0.29) is 23.9 Å². The van der Waals surface area contributed by atoms with Crippen LogP contribution in [0.1, 0.15) is 71.4 Å². The molecule has 0 aromatic heterocycles. The van der Waals surface area contributed by atoms with Crippen LogP contribution < -0.4 is 5.32 Å². The molecule has 3 aromatic rings. The summed E-state index contributed by atoms with van der Waals surface area (Å²) in [5.74, 6) is -1.83. The van der Waals surface area contributed by atoms with Crippen LogP contribution in [-0.4, -0.2) is 5.91 Å². The van der Waals surface area contributed by atoms with Gasteiger partial charge in [0.2, 0.25) is 0 Å². The van der Waals surface area contributed by atoms with Crippen LogP contribution in [0.2, 0.25) is 5.02 Å². The molecule has 0 saturated carbocycles. The summed E-state index contributed by atoms with van der Waals surface area (Å²) in [6, 6.07) is 14.3. The van der Waals surface area contributed by atoms with Crippen molar-refractivity contribution >= 4 is 17.5 Å². The number of halogens is 5. The summed E-state index contributed by atoms with van der Waals surface area (Å²) in [4.78, 5) is 12.8. The van der Waals surface area contributed by atoms with Gasteiger partial charge in [0, 0.05) is 11.6 Å². The lowest BCUT2D eigenvalue weighted by Gasteiger charge is -2.19. The van der Waals surface area contributed by atoms with Crippen LogP contribution >= 0.6 is 11.6 Å². The lowest BCUT2D eigenvalue weighted by molar-refractivity contribution is -0.137. The molecule has 0 fully saturated rings. The maximum atomic E-state index is 15.3. The first-order valence-electron chi connectivity index (χ1n) is 11.8. The number of carbonyl (C=O) groups is 1. The average Bonchev–Trinajstić information content (AvgIpc) is 2.81. The number of amides is 1. The van der Waals surface area contributed by atoms with Gasteiger partial charge in [-0.25, -0.2) is 4.39 Å². The molecule has 0 aliphatic heterocycles. The topological polar surface area (TPSA) is 29.1 Å². The van der Waals surface area contributed by atoms with E-state index in [1.165, 1.54) is 0 Å². The number of nitrogens with one attached hydrogen (secondary N) is 1. The van der Waals surface area contributed by atoms with Crippen molar-refractivity contribution in [2.45, 2.75) is 65.1 Å². The van der Waals surface area contributed by atoms with Crippen molar-refractivity contribution in [3.63, 3.8) is 0 Å². The monoisotopic (exact) mass is 519 g/mol. The van der Waals surface area contributed by atoms with Crippen LogP contribution in [0, 0.1) is 5.82 Å². The van der Waals surface area contributed by atoms with E-state index in [4.69, 9.17) is 11.6 Å². The van der Waals surface area contributed by atoms with E-state index in [2.05, 4.69) is 26.1 Å². The number of alkyl halides is 3. The average molecular weight is 520 g/mol. The van der Waals surface area contributed by atoms with Gasteiger partial charge in [-0.1, -0.05) is 75.7 Å². The van der Waals surface area contributed by atoms with Crippen LogP contribution in [0.25, 0.3) is 0 Å². The highest BCUT2D eigenvalue weighted by Gasteiger charge is 2.33. The molecule has 192 valence electrons. The van der Waals surface area contributed by atoms with Crippen LogP contribution in [-0.2, 0) is 37.4 Å². The number of carbonyl (C=O) groups excluding carboxylic acids is 1. The van der Waals surface area contributed by atoms with Gasteiger partial charge in [-0.3, -0.25) is 4.79 Å². The molecular formula is C29H30ClF4NO. The van der Waals surface area contributed by atoms with Crippen LogP contribution in [0.5, 0.6) is 0 Å². The fourth-order valence-corrected chi connectivity index (χ4v) is 4.18. The molecule has 0 atom stereocenters. The first-order chi connectivity index (χ1) is 16.8. The molecule has 36 heavy (non-hydrogen) atoms. The summed E-state index contributed by atoms with van der Waals surface area (Å²) in [6.45, 7) is 8.24. The molecule has 3 rings (SSSR count). The molecule has 0 bridgehead atoms. The predicted molar refractivity (Wildman–Crippen MR) is 136 cm³/mol. The number of aryl methyl sites for hydroxylation is 3. The number of benzene rings is 3. The Morgan fingerprint density at radius 3 is 2.08 bits per heavy atom. The van der Waals surface area contributed by atoms with E-state index in [1.807, 2.05) is 37.3 Å². The summed E-state index contributed by atoms with van der Waals surface area (Å²) in [5, 5.41) is 3.16. The largest absolute Gasteiger partial charge is 0.416 e. The Morgan fingerprint density at radius 1 is 0.861 bits per heavy atom. The van der Waals surface area contributed by atoms with Crippen molar-refractivity contribution in [2.75, 3.05) is 0 Å². The number of hydrogen-bond acceptors (Lipinski definition) is 1. The first kappa shape index (κ1) is 27.7. The molecule has 0 unspecified atom stereocenters. The minimum Gasteiger partial charge on any atom is -0.348 e. The maximum absolute atomic E-state index is 15.3. The van der Waals surface area contributed by atoms with Gasteiger partial charge < -0.3 is 5.32 Å². The Kier molecular flexibility index (Phi) is 8.50. The zero-order valence-corrected chi connectivity index (χ0v) is 21.6. The summed E-state index contributed by atoms with van der Waals surface area (Å²) < 4.78 is 56.0. The van der Waals surface area contributed by atoms with Crippen molar-refractivity contribution in [1.82, 2.24) is 5.32 Å². The number of hydrogen-bond donors (Lipinski definition) is 1. The van der Waals surface area contributed by atoms with Gasteiger partial charge in [-0.2, -0.15) is 13.2 Å². The standard InChI is InChI=1S/C29H30ClF4NO/c1-5-20-14-18(9-13-25(20)30)6-10-21-15-23(29(32,33)34)16-24(26(21)31)27(36)35-17-19-7-11-22(12-8-19)28(2,3)4/h7-9,11-16H,5-6,10,17H2,1-4H3,(H,35,36). The van der Waals surface area contributed by atoms with Crippen molar-refractivity contribution in [3.8, 4) is 0 Å². The Bertz CT molecular complexity index is 1230. The maximum Gasteiger partial charge on any atom is 0.416 e. The third-order valence-electron chi connectivity index (χ3n) is 6.17. The minimum atomic E-state index is -4.71. The molecule has 0 heterocycles. The van der Waals surface area contributed by atoms with Gasteiger partial charge in [0.05, 0.1) is 11.1 Å². The zero-order valence-electron chi connectivity index (χ0n) is 20.8. The molecule has 3 aromatic carbocycles. The van der Waals surface area contributed by atoms with E-state index in [0.29, 0.717) is 23.9 Å². The van der Waals surface area contributed by atoms with E-state index in [9.17, 15) is 18.0 Å². The van der Waals surface area contributed by atoms with Gasteiger partial charge >= 0.3 is 6.18 Å². The van der Waals surface area contributed by atoms with Crippen molar-refractivity contribution < 1.29 is 22.4 Å². The summed E-state index contributed by atoms with van der Waals surface area (Å²) in [5.41, 5.74) is 1.75.